The smallest absolute Gasteiger partial charge is 0.311 e. The number of carbonyl (C=O) groups is 1. The van der Waals surface area contributed by atoms with Crippen LogP contribution in [0.2, 0.25) is 0 Å². The maximum absolute atomic E-state index is 12.4. The second-order valence-electron chi connectivity index (χ2n) is 8.13. The van der Waals surface area contributed by atoms with Crippen LogP contribution in [0, 0.1) is 17.3 Å². The molecule has 3 rings (SSSR count). The zero-order valence-corrected chi connectivity index (χ0v) is 14.6. The minimum Gasteiger partial charge on any atom is -0.462 e. The van der Waals surface area contributed by atoms with Gasteiger partial charge in [0.25, 0.3) is 0 Å². The molecule has 0 amide bonds. The molecule has 2 saturated carbocycles. The van der Waals surface area contributed by atoms with Crippen molar-refractivity contribution in [2.24, 2.45) is 17.3 Å². The highest BCUT2D eigenvalue weighted by Crippen LogP contribution is 2.54. The number of hydrogen-bond donors (Lipinski definition) is 0. The lowest BCUT2D eigenvalue weighted by Gasteiger charge is -2.31. The molecule has 3 aliphatic rings. The molecule has 1 saturated heterocycles. The minimum absolute atomic E-state index is 0.0113. The summed E-state index contributed by atoms with van der Waals surface area (Å²) in [4.78, 5) is 12.4. The summed E-state index contributed by atoms with van der Waals surface area (Å²) >= 11 is 0. The fourth-order valence-electron chi connectivity index (χ4n) is 4.27. The van der Waals surface area contributed by atoms with E-state index in [1.807, 2.05) is 20.8 Å². The van der Waals surface area contributed by atoms with Crippen molar-refractivity contribution < 1.29 is 19.0 Å². The molecule has 6 unspecified atom stereocenters. The van der Waals surface area contributed by atoms with E-state index < -0.39 is 11.2 Å². The molecule has 22 heavy (non-hydrogen) atoms. The summed E-state index contributed by atoms with van der Waals surface area (Å²) in [7, 11) is 0. The number of fused-ring (bicyclic) bond motifs is 5. The third-order valence-electron chi connectivity index (χ3n) is 5.97. The van der Waals surface area contributed by atoms with Gasteiger partial charge in [0.15, 0.2) is 5.79 Å². The normalized spacial score (nSPS) is 43.4. The van der Waals surface area contributed by atoms with Crippen molar-refractivity contribution in [3.05, 3.63) is 0 Å². The summed E-state index contributed by atoms with van der Waals surface area (Å²) in [5.74, 6) is 0.281. The van der Waals surface area contributed by atoms with Gasteiger partial charge in [0.2, 0.25) is 0 Å². The van der Waals surface area contributed by atoms with Gasteiger partial charge in [-0.05, 0) is 46.0 Å². The standard InChI is InChI=1S/C18H30O4/c1-6-8-18(5)21-14-11-9-12(15(14)22-18)13(10-11)20-16(19)17(3,4)7-2/h11-15H,6-10H2,1-5H3. The highest BCUT2D eigenvalue weighted by atomic mass is 16.8. The Hall–Kier alpha value is -0.610. The lowest BCUT2D eigenvalue weighted by molar-refractivity contribution is -0.179. The molecule has 1 aliphatic heterocycles. The Morgan fingerprint density at radius 1 is 1.23 bits per heavy atom. The zero-order valence-electron chi connectivity index (χ0n) is 14.6. The summed E-state index contributed by atoms with van der Waals surface area (Å²) in [6.45, 7) is 10.1. The second-order valence-corrected chi connectivity index (χ2v) is 8.13. The van der Waals surface area contributed by atoms with E-state index in [-0.39, 0.29) is 24.3 Å². The van der Waals surface area contributed by atoms with Crippen LogP contribution in [0.25, 0.3) is 0 Å². The van der Waals surface area contributed by atoms with E-state index in [9.17, 15) is 4.79 Å². The second kappa shape index (κ2) is 5.48. The maximum Gasteiger partial charge on any atom is 0.311 e. The van der Waals surface area contributed by atoms with Crippen molar-refractivity contribution in [3.63, 3.8) is 0 Å². The molecule has 126 valence electrons. The third-order valence-corrected chi connectivity index (χ3v) is 5.97. The van der Waals surface area contributed by atoms with Gasteiger partial charge in [-0.15, -0.1) is 0 Å². The molecule has 1 heterocycles. The number of carbonyl (C=O) groups excluding carboxylic acids is 1. The Morgan fingerprint density at radius 2 is 1.91 bits per heavy atom. The zero-order chi connectivity index (χ0) is 16.1. The Morgan fingerprint density at radius 3 is 2.55 bits per heavy atom. The third kappa shape index (κ3) is 2.58. The SMILES string of the molecule is CCCC1(C)OC2C3CC(OC(=O)C(C)(C)CC)C(C3)C2O1. The Balaban J connectivity index is 1.65. The van der Waals surface area contributed by atoms with Crippen LogP contribution >= 0.6 is 0 Å². The molecule has 0 aromatic heterocycles. The van der Waals surface area contributed by atoms with Crippen LogP contribution in [-0.2, 0) is 19.0 Å². The van der Waals surface area contributed by atoms with Crippen molar-refractivity contribution >= 4 is 5.97 Å². The molecular formula is C18H30O4. The fourth-order valence-corrected chi connectivity index (χ4v) is 4.27. The first-order valence-corrected chi connectivity index (χ1v) is 8.86. The van der Waals surface area contributed by atoms with E-state index in [2.05, 4.69) is 13.8 Å². The van der Waals surface area contributed by atoms with Gasteiger partial charge in [0, 0.05) is 12.3 Å². The Kier molecular flexibility index (Phi) is 4.05. The van der Waals surface area contributed by atoms with Gasteiger partial charge in [0.1, 0.15) is 6.10 Å². The van der Waals surface area contributed by atoms with Crippen LogP contribution in [0.15, 0.2) is 0 Å². The highest BCUT2D eigenvalue weighted by Gasteiger charge is 2.62. The van der Waals surface area contributed by atoms with Crippen LogP contribution in [0.1, 0.15) is 66.7 Å². The molecule has 4 nitrogen and oxygen atoms in total. The first-order chi connectivity index (χ1) is 10.3. The molecule has 6 atom stereocenters. The van der Waals surface area contributed by atoms with E-state index in [1.54, 1.807) is 0 Å². The molecule has 0 aromatic carbocycles. The average molecular weight is 310 g/mol. The van der Waals surface area contributed by atoms with Crippen LogP contribution < -0.4 is 0 Å². The molecule has 2 aliphatic carbocycles. The molecule has 2 bridgehead atoms. The highest BCUT2D eigenvalue weighted by molar-refractivity contribution is 5.76. The summed E-state index contributed by atoms with van der Waals surface area (Å²) in [6.07, 6.45) is 5.10. The molecule has 0 spiro atoms. The largest absolute Gasteiger partial charge is 0.462 e. The molecule has 4 heteroatoms. The maximum atomic E-state index is 12.4. The van der Waals surface area contributed by atoms with Gasteiger partial charge in [-0.25, -0.2) is 0 Å². The Bertz CT molecular complexity index is 446. The van der Waals surface area contributed by atoms with Crippen LogP contribution in [-0.4, -0.2) is 30.1 Å². The van der Waals surface area contributed by atoms with Gasteiger partial charge in [-0.1, -0.05) is 20.3 Å². The number of ether oxygens (including phenoxy) is 3. The predicted octanol–water partition coefficient (Wildman–Crippen LogP) is 3.67. The predicted molar refractivity (Wildman–Crippen MR) is 83.2 cm³/mol. The molecule has 0 radical (unpaired) electrons. The molecule has 0 aromatic rings. The summed E-state index contributed by atoms with van der Waals surface area (Å²) < 4.78 is 18.3. The summed E-state index contributed by atoms with van der Waals surface area (Å²) in [6, 6.07) is 0. The summed E-state index contributed by atoms with van der Waals surface area (Å²) in [5.41, 5.74) is -0.398. The molecular weight excluding hydrogens is 280 g/mol. The Labute approximate surface area is 133 Å². The van der Waals surface area contributed by atoms with E-state index in [1.165, 1.54) is 0 Å². The lowest BCUT2D eigenvalue weighted by atomic mass is 9.89. The van der Waals surface area contributed by atoms with Gasteiger partial charge in [0.05, 0.1) is 17.6 Å². The quantitative estimate of drug-likeness (QED) is 0.727. The summed E-state index contributed by atoms with van der Waals surface area (Å²) in [5, 5.41) is 0. The number of hydrogen-bond acceptors (Lipinski definition) is 4. The van der Waals surface area contributed by atoms with Gasteiger partial charge in [-0.2, -0.15) is 0 Å². The first kappa shape index (κ1) is 16.3. The van der Waals surface area contributed by atoms with Crippen molar-refractivity contribution in [1.29, 1.82) is 0 Å². The average Bonchev–Trinajstić information content (AvgIpc) is 3.08. The first-order valence-electron chi connectivity index (χ1n) is 8.86. The molecule has 0 N–H and O–H groups in total. The van der Waals surface area contributed by atoms with Crippen molar-refractivity contribution in [1.82, 2.24) is 0 Å². The fraction of sp³-hybridized carbons (Fsp3) is 0.944. The van der Waals surface area contributed by atoms with Gasteiger partial charge in [-0.3, -0.25) is 4.79 Å². The van der Waals surface area contributed by atoms with Crippen LogP contribution in [0.4, 0.5) is 0 Å². The van der Waals surface area contributed by atoms with Gasteiger partial charge < -0.3 is 14.2 Å². The number of rotatable bonds is 5. The van der Waals surface area contributed by atoms with Gasteiger partial charge >= 0.3 is 5.97 Å². The minimum atomic E-state index is -0.442. The number of esters is 1. The van der Waals surface area contributed by atoms with Crippen LogP contribution in [0.5, 0.6) is 0 Å². The van der Waals surface area contributed by atoms with E-state index in [0.717, 1.165) is 32.1 Å². The molecule has 3 fully saturated rings. The monoisotopic (exact) mass is 310 g/mol. The van der Waals surface area contributed by atoms with E-state index in [0.29, 0.717) is 11.8 Å². The topological polar surface area (TPSA) is 44.8 Å². The van der Waals surface area contributed by atoms with Crippen molar-refractivity contribution in [2.45, 2.75) is 90.8 Å². The lowest BCUT2D eigenvalue weighted by Crippen LogP contribution is -2.41. The van der Waals surface area contributed by atoms with Crippen molar-refractivity contribution in [2.75, 3.05) is 0 Å². The van der Waals surface area contributed by atoms with E-state index in [4.69, 9.17) is 14.2 Å². The van der Waals surface area contributed by atoms with Crippen molar-refractivity contribution in [3.8, 4) is 0 Å². The van der Waals surface area contributed by atoms with E-state index >= 15 is 0 Å². The van der Waals surface area contributed by atoms with Crippen LogP contribution in [0.3, 0.4) is 0 Å².